The molecule has 0 heterocycles. The summed E-state index contributed by atoms with van der Waals surface area (Å²) in [6, 6.07) is 6.96. The average Bonchev–Trinajstić information content (AvgIpc) is 2.26. The highest BCUT2D eigenvalue weighted by Crippen LogP contribution is 2.10. The first-order valence-electron chi connectivity index (χ1n) is 4.70. The standard InChI is InChI=1S/C12H12BrNO/c1-3-11(4-2)14-12(15)9-5-7-10(13)8-6-9/h1,5-8,11H,4H2,2H3,(H,14,15). The Balaban J connectivity index is 2.70. The van der Waals surface area contributed by atoms with Crippen molar-refractivity contribution < 1.29 is 4.79 Å². The van der Waals surface area contributed by atoms with Crippen molar-refractivity contribution in [2.24, 2.45) is 0 Å². The van der Waals surface area contributed by atoms with Crippen LogP contribution in [0, 0.1) is 12.3 Å². The lowest BCUT2D eigenvalue weighted by Crippen LogP contribution is -2.33. The van der Waals surface area contributed by atoms with Gasteiger partial charge in [0.15, 0.2) is 0 Å². The van der Waals surface area contributed by atoms with Crippen molar-refractivity contribution in [2.75, 3.05) is 0 Å². The van der Waals surface area contributed by atoms with Crippen molar-refractivity contribution >= 4 is 21.8 Å². The highest BCUT2D eigenvalue weighted by molar-refractivity contribution is 9.10. The van der Waals surface area contributed by atoms with Crippen LogP contribution < -0.4 is 5.32 Å². The molecule has 3 heteroatoms. The zero-order valence-corrected chi connectivity index (χ0v) is 10.0. The van der Waals surface area contributed by atoms with E-state index in [-0.39, 0.29) is 11.9 Å². The highest BCUT2D eigenvalue weighted by atomic mass is 79.9. The van der Waals surface area contributed by atoms with Gasteiger partial charge in [0.2, 0.25) is 0 Å². The van der Waals surface area contributed by atoms with E-state index in [1.165, 1.54) is 0 Å². The lowest BCUT2D eigenvalue weighted by molar-refractivity contribution is 0.0945. The largest absolute Gasteiger partial charge is 0.338 e. The summed E-state index contributed by atoms with van der Waals surface area (Å²) in [5.41, 5.74) is 0.618. The molecule has 15 heavy (non-hydrogen) atoms. The number of benzene rings is 1. The second-order valence-corrected chi connectivity index (χ2v) is 4.02. The van der Waals surface area contributed by atoms with Gasteiger partial charge in [-0.1, -0.05) is 28.8 Å². The van der Waals surface area contributed by atoms with Crippen LogP contribution in [-0.2, 0) is 0 Å². The van der Waals surface area contributed by atoms with Gasteiger partial charge in [-0.2, -0.15) is 0 Å². The number of carbonyl (C=O) groups excluding carboxylic acids is 1. The van der Waals surface area contributed by atoms with Crippen molar-refractivity contribution in [1.82, 2.24) is 5.32 Å². The molecule has 0 bridgehead atoms. The van der Waals surface area contributed by atoms with Crippen LogP contribution in [0.3, 0.4) is 0 Å². The summed E-state index contributed by atoms with van der Waals surface area (Å²) in [5, 5.41) is 2.76. The summed E-state index contributed by atoms with van der Waals surface area (Å²) in [4.78, 5) is 11.7. The second kappa shape index (κ2) is 5.57. The van der Waals surface area contributed by atoms with Gasteiger partial charge in [0.1, 0.15) is 0 Å². The van der Waals surface area contributed by atoms with Gasteiger partial charge in [-0.3, -0.25) is 4.79 Å². The highest BCUT2D eigenvalue weighted by Gasteiger charge is 2.09. The Morgan fingerprint density at radius 3 is 2.60 bits per heavy atom. The van der Waals surface area contributed by atoms with Crippen LogP contribution in [0.5, 0.6) is 0 Å². The van der Waals surface area contributed by atoms with Crippen LogP contribution in [0.1, 0.15) is 23.7 Å². The zero-order chi connectivity index (χ0) is 11.3. The predicted octanol–water partition coefficient (Wildman–Crippen LogP) is 2.59. The average molecular weight is 266 g/mol. The number of terminal acetylenes is 1. The molecule has 1 rings (SSSR count). The van der Waals surface area contributed by atoms with Crippen molar-refractivity contribution in [3.63, 3.8) is 0 Å². The van der Waals surface area contributed by atoms with E-state index < -0.39 is 0 Å². The third-order valence-electron chi connectivity index (χ3n) is 2.02. The maximum Gasteiger partial charge on any atom is 0.252 e. The molecule has 1 amide bonds. The van der Waals surface area contributed by atoms with Gasteiger partial charge < -0.3 is 5.32 Å². The number of amides is 1. The van der Waals surface area contributed by atoms with Gasteiger partial charge in [0, 0.05) is 10.0 Å². The maximum absolute atomic E-state index is 11.7. The van der Waals surface area contributed by atoms with Crippen LogP contribution >= 0.6 is 15.9 Å². The molecule has 0 aromatic heterocycles. The smallest absolute Gasteiger partial charge is 0.252 e. The van der Waals surface area contributed by atoms with Crippen molar-refractivity contribution in [1.29, 1.82) is 0 Å². The van der Waals surface area contributed by atoms with E-state index >= 15 is 0 Å². The molecule has 0 aliphatic carbocycles. The lowest BCUT2D eigenvalue weighted by Gasteiger charge is -2.10. The maximum atomic E-state index is 11.7. The molecule has 0 saturated carbocycles. The second-order valence-electron chi connectivity index (χ2n) is 3.11. The van der Waals surface area contributed by atoms with E-state index in [1.807, 2.05) is 19.1 Å². The number of hydrogen-bond acceptors (Lipinski definition) is 1. The summed E-state index contributed by atoms with van der Waals surface area (Å²) in [6.07, 6.45) is 6.00. The number of carbonyl (C=O) groups is 1. The van der Waals surface area contributed by atoms with Crippen LogP contribution in [-0.4, -0.2) is 11.9 Å². The van der Waals surface area contributed by atoms with Crippen molar-refractivity contribution in [3.8, 4) is 12.3 Å². The minimum absolute atomic E-state index is 0.132. The SMILES string of the molecule is C#CC(CC)NC(=O)c1ccc(Br)cc1. The summed E-state index contributed by atoms with van der Waals surface area (Å²) >= 11 is 3.31. The molecule has 1 unspecified atom stereocenters. The summed E-state index contributed by atoms with van der Waals surface area (Å²) in [7, 11) is 0. The molecule has 0 spiro atoms. The monoisotopic (exact) mass is 265 g/mol. The molecule has 1 N–H and O–H groups in total. The first-order chi connectivity index (χ1) is 7.17. The fourth-order valence-corrected chi connectivity index (χ4v) is 1.37. The van der Waals surface area contributed by atoms with Crippen LogP contribution in [0.15, 0.2) is 28.7 Å². The third kappa shape index (κ3) is 3.41. The van der Waals surface area contributed by atoms with Crippen LogP contribution in [0.25, 0.3) is 0 Å². The summed E-state index contributed by atoms with van der Waals surface area (Å²) < 4.78 is 0.947. The third-order valence-corrected chi connectivity index (χ3v) is 2.55. The van der Waals surface area contributed by atoms with E-state index in [0.29, 0.717) is 5.56 Å². The Labute approximate surface area is 98.2 Å². The van der Waals surface area contributed by atoms with Gasteiger partial charge in [0.05, 0.1) is 6.04 Å². The fraction of sp³-hybridized carbons (Fsp3) is 0.250. The Bertz CT molecular complexity index is 378. The molecular weight excluding hydrogens is 254 g/mol. The quantitative estimate of drug-likeness (QED) is 0.837. The topological polar surface area (TPSA) is 29.1 Å². The van der Waals surface area contributed by atoms with E-state index in [2.05, 4.69) is 27.2 Å². The van der Waals surface area contributed by atoms with E-state index in [4.69, 9.17) is 6.42 Å². The number of nitrogens with one attached hydrogen (secondary N) is 1. The molecule has 0 radical (unpaired) electrons. The number of hydrogen-bond donors (Lipinski definition) is 1. The molecule has 0 aliphatic rings. The number of rotatable bonds is 3. The van der Waals surface area contributed by atoms with Crippen LogP contribution in [0.2, 0.25) is 0 Å². The fourth-order valence-electron chi connectivity index (χ4n) is 1.10. The molecule has 0 fully saturated rings. The van der Waals surface area contributed by atoms with Gasteiger partial charge in [-0.05, 0) is 30.7 Å². The predicted molar refractivity (Wildman–Crippen MR) is 64.5 cm³/mol. The number of halogens is 1. The molecule has 78 valence electrons. The van der Waals surface area contributed by atoms with Gasteiger partial charge in [-0.25, -0.2) is 0 Å². The Morgan fingerprint density at radius 1 is 1.53 bits per heavy atom. The van der Waals surface area contributed by atoms with Gasteiger partial charge in [0.25, 0.3) is 5.91 Å². The summed E-state index contributed by atoms with van der Waals surface area (Å²) in [6.45, 7) is 1.94. The molecule has 0 aliphatic heterocycles. The van der Waals surface area contributed by atoms with Gasteiger partial charge in [-0.15, -0.1) is 6.42 Å². The molecule has 2 nitrogen and oxygen atoms in total. The van der Waals surface area contributed by atoms with Gasteiger partial charge >= 0.3 is 0 Å². The lowest BCUT2D eigenvalue weighted by atomic mass is 10.2. The molecule has 1 atom stereocenters. The minimum Gasteiger partial charge on any atom is -0.338 e. The van der Waals surface area contributed by atoms with Crippen molar-refractivity contribution in [3.05, 3.63) is 34.3 Å². The Hall–Kier alpha value is -1.27. The van der Waals surface area contributed by atoms with Crippen molar-refractivity contribution in [2.45, 2.75) is 19.4 Å². The van der Waals surface area contributed by atoms with E-state index in [0.717, 1.165) is 10.9 Å². The van der Waals surface area contributed by atoms with E-state index in [1.54, 1.807) is 12.1 Å². The minimum atomic E-state index is -0.193. The Kier molecular flexibility index (Phi) is 4.38. The molecule has 1 aromatic carbocycles. The van der Waals surface area contributed by atoms with Crippen LogP contribution in [0.4, 0.5) is 0 Å². The molecule has 1 aromatic rings. The molecule has 0 saturated heterocycles. The first kappa shape index (κ1) is 11.8. The first-order valence-corrected chi connectivity index (χ1v) is 5.49. The normalized spacial score (nSPS) is 11.5. The van der Waals surface area contributed by atoms with E-state index in [9.17, 15) is 4.79 Å². The summed E-state index contributed by atoms with van der Waals surface area (Å²) in [5.74, 6) is 2.39. The molecular formula is C12H12BrNO. The zero-order valence-electron chi connectivity index (χ0n) is 8.46. The Morgan fingerprint density at radius 2 is 2.13 bits per heavy atom.